The van der Waals surface area contributed by atoms with E-state index in [0.717, 1.165) is 0 Å². The van der Waals surface area contributed by atoms with Crippen molar-refractivity contribution >= 4 is 27.3 Å². The highest BCUT2D eigenvalue weighted by atomic mass is 32.2. The maximum atomic E-state index is 12.5. The summed E-state index contributed by atoms with van der Waals surface area (Å²) in [5, 5.41) is 6.76. The fraction of sp³-hybridized carbons (Fsp3) is 0.333. The van der Waals surface area contributed by atoms with Crippen molar-refractivity contribution in [3.05, 3.63) is 30.6 Å². The topological polar surface area (TPSA) is 102 Å². The summed E-state index contributed by atoms with van der Waals surface area (Å²) < 4.78 is 34.6. The van der Waals surface area contributed by atoms with Crippen LogP contribution in [-0.4, -0.2) is 30.2 Å². The van der Waals surface area contributed by atoms with E-state index in [-0.39, 0.29) is 16.8 Å². The zero-order chi connectivity index (χ0) is 17.5. The van der Waals surface area contributed by atoms with Crippen LogP contribution in [0, 0.1) is 0 Å². The minimum Gasteiger partial charge on any atom is -0.479 e. The number of nitrogens with one attached hydrogen (secondary N) is 2. The van der Waals surface area contributed by atoms with E-state index in [0.29, 0.717) is 17.1 Å². The number of nitrogens with zero attached hydrogens (tertiary/aromatic N) is 2. The monoisotopic (exact) mass is 350 g/mol. The number of sulfonamides is 1. The predicted octanol–water partition coefficient (Wildman–Crippen LogP) is 1.98. The number of amides is 1. The number of benzene rings is 1. The smallest absolute Gasteiger partial charge is 0.265 e. The Morgan fingerprint density at radius 2 is 2.12 bits per heavy atom. The molecule has 8 nitrogen and oxygen atoms in total. The molecule has 1 aromatic heterocycles. The third-order valence-corrected chi connectivity index (χ3v) is 4.96. The number of anilines is 2. The third-order valence-electron chi connectivity index (χ3n) is 3.58. The lowest BCUT2D eigenvalue weighted by Crippen LogP contribution is -2.34. The summed E-state index contributed by atoms with van der Waals surface area (Å²) in [5.41, 5.74) is 0.827. The molecule has 0 saturated carbocycles. The van der Waals surface area contributed by atoms with E-state index in [4.69, 9.17) is 4.74 Å². The van der Waals surface area contributed by atoms with Crippen LogP contribution in [0.2, 0.25) is 0 Å². The molecule has 0 bridgehead atoms. The van der Waals surface area contributed by atoms with Crippen LogP contribution in [0.25, 0.3) is 0 Å². The van der Waals surface area contributed by atoms with Crippen molar-refractivity contribution in [1.29, 1.82) is 0 Å². The molecule has 24 heavy (non-hydrogen) atoms. The SMILES string of the molecule is CC(C)n1cc(NS(=O)(=O)c2ccc3c(c2)O[C@H](C)C(=O)N3)cn1. The lowest BCUT2D eigenvalue weighted by molar-refractivity contribution is -0.122. The van der Waals surface area contributed by atoms with Crippen LogP contribution >= 0.6 is 0 Å². The zero-order valence-electron chi connectivity index (χ0n) is 13.5. The Bertz CT molecular complexity index is 889. The van der Waals surface area contributed by atoms with Crippen LogP contribution in [0.4, 0.5) is 11.4 Å². The number of hydrogen-bond donors (Lipinski definition) is 2. The molecule has 1 aliphatic heterocycles. The fourth-order valence-electron chi connectivity index (χ4n) is 2.24. The average molecular weight is 350 g/mol. The van der Waals surface area contributed by atoms with Crippen molar-refractivity contribution in [2.75, 3.05) is 10.0 Å². The molecule has 3 rings (SSSR count). The highest BCUT2D eigenvalue weighted by molar-refractivity contribution is 7.92. The number of carbonyl (C=O) groups excluding carboxylic acids is 1. The molecule has 2 heterocycles. The molecule has 1 aromatic carbocycles. The van der Waals surface area contributed by atoms with Gasteiger partial charge >= 0.3 is 0 Å². The van der Waals surface area contributed by atoms with Gasteiger partial charge in [-0.2, -0.15) is 5.10 Å². The molecule has 0 saturated heterocycles. The van der Waals surface area contributed by atoms with Gasteiger partial charge in [0.15, 0.2) is 6.10 Å². The summed E-state index contributed by atoms with van der Waals surface area (Å²) >= 11 is 0. The third kappa shape index (κ3) is 3.07. The number of aromatic nitrogens is 2. The van der Waals surface area contributed by atoms with E-state index in [1.54, 1.807) is 17.8 Å². The molecular formula is C15H18N4O4S. The largest absolute Gasteiger partial charge is 0.479 e. The van der Waals surface area contributed by atoms with Crippen LogP contribution in [-0.2, 0) is 14.8 Å². The van der Waals surface area contributed by atoms with Crippen molar-refractivity contribution in [2.45, 2.75) is 37.8 Å². The first-order valence-corrected chi connectivity index (χ1v) is 8.93. The molecule has 128 valence electrons. The molecule has 0 spiro atoms. The van der Waals surface area contributed by atoms with Crippen molar-refractivity contribution < 1.29 is 17.9 Å². The second kappa shape index (κ2) is 5.82. The summed E-state index contributed by atoms with van der Waals surface area (Å²) in [6.07, 6.45) is 2.40. The molecule has 9 heteroatoms. The second-order valence-electron chi connectivity index (χ2n) is 5.82. The first-order chi connectivity index (χ1) is 11.3. The summed E-state index contributed by atoms with van der Waals surface area (Å²) in [5.74, 6) is 0.0557. The zero-order valence-corrected chi connectivity index (χ0v) is 14.3. The number of ether oxygens (including phenoxy) is 1. The van der Waals surface area contributed by atoms with E-state index in [2.05, 4.69) is 15.1 Å². The van der Waals surface area contributed by atoms with Gasteiger partial charge in [0.05, 0.1) is 22.5 Å². The summed E-state index contributed by atoms with van der Waals surface area (Å²) in [6.45, 7) is 5.49. The Morgan fingerprint density at radius 1 is 1.38 bits per heavy atom. The lowest BCUT2D eigenvalue weighted by atomic mass is 10.2. The van der Waals surface area contributed by atoms with Gasteiger partial charge in [-0.25, -0.2) is 8.42 Å². The summed E-state index contributed by atoms with van der Waals surface area (Å²) in [6, 6.07) is 4.44. The normalized spacial score (nSPS) is 17.2. The summed E-state index contributed by atoms with van der Waals surface area (Å²) in [7, 11) is -3.79. The fourth-order valence-corrected chi connectivity index (χ4v) is 3.28. The lowest BCUT2D eigenvalue weighted by Gasteiger charge is -2.23. The summed E-state index contributed by atoms with van der Waals surface area (Å²) in [4.78, 5) is 11.6. The van der Waals surface area contributed by atoms with Crippen LogP contribution in [0.5, 0.6) is 5.75 Å². The second-order valence-corrected chi connectivity index (χ2v) is 7.50. The van der Waals surface area contributed by atoms with E-state index >= 15 is 0 Å². The van der Waals surface area contributed by atoms with Crippen molar-refractivity contribution in [1.82, 2.24) is 9.78 Å². The van der Waals surface area contributed by atoms with Gasteiger partial charge in [0.25, 0.3) is 15.9 Å². The molecule has 0 radical (unpaired) electrons. The van der Waals surface area contributed by atoms with Crippen LogP contribution in [0.3, 0.4) is 0 Å². The standard InChI is InChI=1S/C15H18N4O4S/c1-9(2)19-8-11(7-16-19)18-24(21,22)12-4-5-13-14(6-12)23-10(3)15(20)17-13/h4-10,18H,1-3H3,(H,17,20)/t10-/m1/s1. The van der Waals surface area contributed by atoms with Crippen LogP contribution in [0.1, 0.15) is 26.8 Å². The highest BCUT2D eigenvalue weighted by Crippen LogP contribution is 2.32. The molecule has 2 aromatic rings. The maximum absolute atomic E-state index is 12.5. The maximum Gasteiger partial charge on any atom is 0.265 e. The number of rotatable bonds is 4. The molecule has 1 aliphatic rings. The minimum atomic E-state index is -3.79. The predicted molar refractivity (Wildman–Crippen MR) is 88.6 cm³/mol. The molecule has 0 fully saturated rings. The average Bonchev–Trinajstić information content (AvgIpc) is 2.96. The van der Waals surface area contributed by atoms with E-state index in [1.807, 2.05) is 13.8 Å². The molecular weight excluding hydrogens is 332 g/mol. The highest BCUT2D eigenvalue weighted by Gasteiger charge is 2.25. The van der Waals surface area contributed by atoms with Gasteiger partial charge in [-0.05, 0) is 32.9 Å². The minimum absolute atomic E-state index is 0.0434. The number of hydrogen-bond acceptors (Lipinski definition) is 5. The van der Waals surface area contributed by atoms with Gasteiger partial charge in [0.2, 0.25) is 0 Å². The molecule has 1 atom stereocenters. The first kappa shape index (κ1) is 16.3. The van der Waals surface area contributed by atoms with Gasteiger partial charge in [0.1, 0.15) is 5.75 Å². The van der Waals surface area contributed by atoms with E-state index in [1.165, 1.54) is 24.4 Å². The number of fused-ring (bicyclic) bond motifs is 1. The van der Waals surface area contributed by atoms with E-state index in [9.17, 15) is 13.2 Å². The first-order valence-electron chi connectivity index (χ1n) is 7.45. The van der Waals surface area contributed by atoms with E-state index < -0.39 is 16.1 Å². The Labute approximate surface area is 139 Å². The van der Waals surface area contributed by atoms with Gasteiger partial charge in [0, 0.05) is 18.3 Å². The molecule has 0 unspecified atom stereocenters. The van der Waals surface area contributed by atoms with Gasteiger partial charge in [-0.1, -0.05) is 0 Å². The van der Waals surface area contributed by atoms with Crippen LogP contribution < -0.4 is 14.8 Å². The molecule has 2 N–H and O–H groups in total. The van der Waals surface area contributed by atoms with Gasteiger partial charge in [-0.15, -0.1) is 0 Å². The van der Waals surface area contributed by atoms with Crippen molar-refractivity contribution in [3.8, 4) is 5.75 Å². The van der Waals surface area contributed by atoms with Gasteiger partial charge in [-0.3, -0.25) is 14.2 Å². The Morgan fingerprint density at radius 3 is 2.79 bits per heavy atom. The molecule has 0 aliphatic carbocycles. The van der Waals surface area contributed by atoms with Crippen molar-refractivity contribution in [3.63, 3.8) is 0 Å². The van der Waals surface area contributed by atoms with Gasteiger partial charge < -0.3 is 10.1 Å². The molecule has 1 amide bonds. The Kier molecular flexibility index (Phi) is 3.96. The Hall–Kier alpha value is -2.55. The quantitative estimate of drug-likeness (QED) is 0.878. The Balaban J connectivity index is 1.87. The van der Waals surface area contributed by atoms with Crippen LogP contribution in [0.15, 0.2) is 35.5 Å². The number of carbonyl (C=O) groups is 1. The van der Waals surface area contributed by atoms with Crippen molar-refractivity contribution in [2.24, 2.45) is 0 Å².